The highest BCUT2D eigenvalue weighted by atomic mass is 16.3. The van der Waals surface area contributed by atoms with Crippen LogP contribution < -0.4 is 0 Å². The van der Waals surface area contributed by atoms with Crippen molar-refractivity contribution in [2.24, 2.45) is 0 Å². The highest BCUT2D eigenvalue weighted by molar-refractivity contribution is 4.58. The van der Waals surface area contributed by atoms with Crippen molar-refractivity contribution >= 4 is 0 Å². The quantitative estimate of drug-likeness (QED) is 0.474. The lowest BCUT2D eigenvalue weighted by atomic mass is 10.1. The van der Waals surface area contributed by atoms with Crippen molar-refractivity contribution in [3.63, 3.8) is 0 Å². The number of aliphatic hydroxyl groups is 1. The van der Waals surface area contributed by atoms with Gasteiger partial charge in [-0.1, -0.05) is 64.7 Å². The van der Waals surface area contributed by atoms with Crippen LogP contribution in [0.4, 0.5) is 0 Å². The van der Waals surface area contributed by atoms with Gasteiger partial charge in [-0.15, -0.1) is 0 Å². The molecule has 109 valence electrons. The summed E-state index contributed by atoms with van der Waals surface area (Å²) in [6.07, 6.45) is 13.8. The molecule has 0 bridgehead atoms. The van der Waals surface area contributed by atoms with Gasteiger partial charge < -0.3 is 10.0 Å². The fraction of sp³-hybridized carbons (Fsp3) is 0.938. The van der Waals surface area contributed by atoms with Gasteiger partial charge in [-0.25, -0.2) is 0 Å². The summed E-state index contributed by atoms with van der Waals surface area (Å²) in [6.45, 7) is 9.10. The van der Waals surface area contributed by atoms with Crippen molar-refractivity contribution in [2.75, 3.05) is 26.2 Å². The summed E-state index contributed by atoms with van der Waals surface area (Å²) >= 11 is 0. The first-order chi connectivity index (χ1) is 8.85. The Hall–Kier alpha value is -0.0800. The molecule has 0 atom stereocenters. The zero-order chi connectivity index (χ0) is 13.5. The van der Waals surface area contributed by atoms with Crippen LogP contribution in [0.5, 0.6) is 0 Å². The molecule has 0 saturated carbocycles. The second-order valence-electron chi connectivity index (χ2n) is 5.25. The molecular weight excluding hydrogens is 222 g/mol. The highest BCUT2D eigenvalue weighted by Gasteiger charge is 2.00. The summed E-state index contributed by atoms with van der Waals surface area (Å²) in [5.74, 6) is 0. The Morgan fingerprint density at radius 3 is 1.72 bits per heavy atom. The van der Waals surface area contributed by atoms with E-state index in [1.165, 1.54) is 64.2 Å². The van der Waals surface area contributed by atoms with Gasteiger partial charge in [0.1, 0.15) is 0 Å². The molecule has 18 heavy (non-hydrogen) atoms. The van der Waals surface area contributed by atoms with Crippen molar-refractivity contribution in [2.45, 2.75) is 71.1 Å². The molecule has 0 amide bonds. The van der Waals surface area contributed by atoms with Gasteiger partial charge in [0, 0.05) is 6.54 Å². The summed E-state index contributed by atoms with van der Waals surface area (Å²) in [6, 6.07) is 0. The largest absolute Gasteiger partial charge is 0.395 e. The molecule has 0 unspecified atom stereocenters. The summed E-state index contributed by atoms with van der Waals surface area (Å²) in [5, 5.41) is 8.86. The van der Waals surface area contributed by atoms with Gasteiger partial charge in [-0.05, 0) is 26.4 Å². The zero-order valence-corrected chi connectivity index (χ0v) is 12.5. The monoisotopic (exact) mass is 256 g/mol. The average Bonchev–Trinajstić information content (AvgIpc) is 2.39. The third-order valence-corrected chi connectivity index (χ3v) is 3.56. The lowest BCUT2D eigenvalue weighted by Gasteiger charge is -2.18. The molecule has 0 saturated heterocycles. The van der Waals surface area contributed by atoms with Crippen molar-refractivity contribution in [1.82, 2.24) is 4.90 Å². The molecule has 0 rings (SSSR count). The number of hydrogen-bond acceptors (Lipinski definition) is 2. The fourth-order valence-corrected chi connectivity index (χ4v) is 2.30. The SMILES string of the molecule is [CH2]CN(CCO)CCCCCCCCCCCC. The Labute approximate surface area is 115 Å². The van der Waals surface area contributed by atoms with Crippen LogP contribution in [0.2, 0.25) is 0 Å². The first-order valence-corrected chi connectivity index (χ1v) is 7.97. The van der Waals surface area contributed by atoms with E-state index in [9.17, 15) is 0 Å². The van der Waals surface area contributed by atoms with Gasteiger partial charge in [0.05, 0.1) is 6.61 Å². The van der Waals surface area contributed by atoms with Crippen LogP contribution in [0, 0.1) is 6.92 Å². The predicted octanol–water partition coefficient (Wildman–Crippen LogP) is 4.04. The fourth-order valence-electron chi connectivity index (χ4n) is 2.30. The number of rotatable bonds is 14. The molecule has 2 nitrogen and oxygen atoms in total. The second-order valence-corrected chi connectivity index (χ2v) is 5.25. The molecule has 2 heteroatoms. The van der Waals surface area contributed by atoms with E-state index in [1.54, 1.807) is 0 Å². The van der Waals surface area contributed by atoms with E-state index in [0.29, 0.717) is 0 Å². The number of aliphatic hydroxyl groups excluding tert-OH is 1. The first-order valence-electron chi connectivity index (χ1n) is 7.97. The first kappa shape index (κ1) is 17.9. The summed E-state index contributed by atoms with van der Waals surface area (Å²) < 4.78 is 0. The van der Waals surface area contributed by atoms with Gasteiger partial charge in [0.15, 0.2) is 0 Å². The summed E-state index contributed by atoms with van der Waals surface area (Å²) in [7, 11) is 0. The zero-order valence-electron chi connectivity index (χ0n) is 12.5. The Balaban J connectivity index is 3.10. The third kappa shape index (κ3) is 12.4. The Morgan fingerprint density at radius 1 is 0.778 bits per heavy atom. The van der Waals surface area contributed by atoms with Crippen LogP contribution in [0.25, 0.3) is 0 Å². The van der Waals surface area contributed by atoms with Crippen molar-refractivity contribution in [3.05, 3.63) is 6.92 Å². The van der Waals surface area contributed by atoms with E-state index >= 15 is 0 Å². The van der Waals surface area contributed by atoms with Gasteiger partial charge in [-0.3, -0.25) is 0 Å². The van der Waals surface area contributed by atoms with Crippen LogP contribution in [0.1, 0.15) is 71.1 Å². The van der Waals surface area contributed by atoms with Crippen molar-refractivity contribution in [3.8, 4) is 0 Å². The molecule has 0 aliphatic rings. The third-order valence-electron chi connectivity index (χ3n) is 3.56. The molecule has 0 aromatic rings. The maximum absolute atomic E-state index is 8.86. The van der Waals surface area contributed by atoms with E-state index in [2.05, 4.69) is 18.7 Å². The topological polar surface area (TPSA) is 23.5 Å². The van der Waals surface area contributed by atoms with E-state index in [1.807, 2.05) is 0 Å². The maximum Gasteiger partial charge on any atom is 0.0558 e. The Bertz CT molecular complexity index is 150. The van der Waals surface area contributed by atoms with Crippen LogP contribution >= 0.6 is 0 Å². The molecule has 0 fully saturated rings. The number of nitrogens with zero attached hydrogens (tertiary/aromatic N) is 1. The van der Waals surface area contributed by atoms with E-state index in [0.717, 1.165) is 19.6 Å². The maximum atomic E-state index is 8.86. The molecule has 0 aliphatic carbocycles. The molecule has 0 aromatic heterocycles. The normalized spacial score (nSPS) is 11.3. The average molecular weight is 256 g/mol. The van der Waals surface area contributed by atoms with Crippen molar-refractivity contribution in [1.29, 1.82) is 0 Å². The van der Waals surface area contributed by atoms with Gasteiger partial charge in [0.2, 0.25) is 0 Å². The summed E-state index contributed by atoms with van der Waals surface area (Å²) in [5.41, 5.74) is 0. The lowest BCUT2D eigenvalue weighted by Crippen LogP contribution is -2.27. The minimum Gasteiger partial charge on any atom is -0.395 e. The molecule has 0 spiro atoms. The molecule has 0 heterocycles. The molecule has 0 aliphatic heterocycles. The minimum absolute atomic E-state index is 0.257. The van der Waals surface area contributed by atoms with Crippen molar-refractivity contribution < 1.29 is 5.11 Å². The van der Waals surface area contributed by atoms with Gasteiger partial charge in [0.25, 0.3) is 0 Å². The standard InChI is InChI=1S/C16H34NO/c1-3-5-6-7-8-9-10-11-12-13-14-17(4-2)15-16-18/h18H,2-16H2,1H3. The highest BCUT2D eigenvalue weighted by Crippen LogP contribution is 2.10. The van der Waals surface area contributed by atoms with Crippen LogP contribution in [0.3, 0.4) is 0 Å². The minimum atomic E-state index is 0.257. The molecule has 1 radical (unpaired) electrons. The molecular formula is C16H34NO. The lowest BCUT2D eigenvalue weighted by molar-refractivity contribution is 0.205. The number of hydrogen-bond donors (Lipinski definition) is 1. The smallest absolute Gasteiger partial charge is 0.0558 e. The Kier molecular flexibility index (Phi) is 14.9. The summed E-state index contributed by atoms with van der Waals surface area (Å²) in [4.78, 5) is 2.23. The van der Waals surface area contributed by atoms with Crippen LogP contribution in [-0.4, -0.2) is 36.2 Å². The molecule has 1 N–H and O–H groups in total. The van der Waals surface area contributed by atoms with E-state index in [-0.39, 0.29) is 6.61 Å². The van der Waals surface area contributed by atoms with Crippen LogP contribution in [0.15, 0.2) is 0 Å². The van der Waals surface area contributed by atoms with Gasteiger partial charge >= 0.3 is 0 Å². The predicted molar refractivity (Wildman–Crippen MR) is 80.7 cm³/mol. The van der Waals surface area contributed by atoms with Crippen LogP contribution in [-0.2, 0) is 0 Å². The van der Waals surface area contributed by atoms with E-state index in [4.69, 9.17) is 5.11 Å². The Morgan fingerprint density at radius 2 is 1.28 bits per heavy atom. The second kappa shape index (κ2) is 15.0. The number of unbranched alkanes of at least 4 members (excludes halogenated alkanes) is 9. The molecule has 0 aromatic carbocycles. The van der Waals surface area contributed by atoms with Gasteiger partial charge in [-0.2, -0.15) is 0 Å². The van der Waals surface area contributed by atoms with E-state index < -0.39 is 0 Å².